The molecule has 1 aromatic carbocycles. The molecule has 5 nitrogen and oxygen atoms in total. The van der Waals surface area contributed by atoms with Crippen molar-refractivity contribution in [1.82, 2.24) is 0 Å². The molecule has 0 atom stereocenters. The van der Waals surface area contributed by atoms with Crippen LogP contribution in [0.4, 0.5) is 5.69 Å². The van der Waals surface area contributed by atoms with E-state index in [1.807, 2.05) is 18.7 Å². The summed E-state index contributed by atoms with van der Waals surface area (Å²) in [5, 5.41) is 18.3. The van der Waals surface area contributed by atoms with Crippen LogP contribution in [0.5, 0.6) is 0 Å². The van der Waals surface area contributed by atoms with Crippen LogP contribution in [-0.4, -0.2) is 35.2 Å². The molecule has 1 aromatic rings. The zero-order chi connectivity index (χ0) is 13.9. The van der Waals surface area contributed by atoms with Crippen molar-refractivity contribution in [2.75, 3.05) is 18.0 Å². The summed E-state index contributed by atoms with van der Waals surface area (Å²) in [6, 6.07) is 3.02. The van der Waals surface area contributed by atoms with Crippen molar-refractivity contribution < 1.29 is 19.8 Å². The fourth-order valence-corrected chi connectivity index (χ4v) is 2.03. The van der Waals surface area contributed by atoms with E-state index in [0.29, 0.717) is 24.3 Å². The van der Waals surface area contributed by atoms with Gasteiger partial charge in [-0.3, -0.25) is 0 Å². The average molecular weight is 251 g/mol. The fourth-order valence-electron chi connectivity index (χ4n) is 2.03. The zero-order valence-electron chi connectivity index (χ0n) is 10.7. The monoisotopic (exact) mass is 251 g/mol. The maximum atomic E-state index is 11.3. The van der Waals surface area contributed by atoms with Crippen molar-refractivity contribution in [2.24, 2.45) is 0 Å². The molecule has 0 aliphatic carbocycles. The molecule has 0 bridgehead atoms. The molecule has 0 aromatic heterocycles. The summed E-state index contributed by atoms with van der Waals surface area (Å²) >= 11 is 0. The highest BCUT2D eigenvalue weighted by atomic mass is 16.4. The van der Waals surface area contributed by atoms with Gasteiger partial charge in [-0.2, -0.15) is 0 Å². The number of nitrogens with zero attached hydrogens (tertiary/aromatic N) is 1. The summed E-state index contributed by atoms with van der Waals surface area (Å²) < 4.78 is 0. The molecule has 0 unspecified atom stereocenters. The van der Waals surface area contributed by atoms with Crippen LogP contribution in [0, 0.1) is 6.92 Å². The maximum Gasteiger partial charge on any atom is 0.338 e. The first-order valence-electron chi connectivity index (χ1n) is 5.79. The Kier molecular flexibility index (Phi) is 4.31. The Morgan fingerprint density at radius 3 is 2.06 bits per heavy atom. The van der Waals surface area contributed by atoms with Crippen LogP contribution < -0.4 is 4.90 Å². The van der Waals surface area contributed by atoms with Crippen LogP contribution in [0.1, 0.15) is 40.1 Å². The highest BCUT2D eigenvalue weighted by Gasteiger charge is 2.21. The summed E-state index contributed by atoms with van der Waals surface area (Å²) in [5.41, 5.74) is 0.955. The minimum absolute atomic E-state index is 0.0308. The maximum absolute atomic E-state index is 11.3. The van der Waals surface area contributed by atoms with Crippen molar-refractivity contribution in [1.29, 1.82) is 0 Å². The number of hydrogen-bond acceptors (Lipinski definition) is 3. The van der Waals surface area contributed by atoms with E-state index in [2.05, 4.69) is 0 Å². The molecule has 0 radical (unpaired) electrons. The first kappa shape index (κ1) is 14.0. The molecule has 0 spiro atoms. The van der Waals surface area contributed by atoms with E-state index in [9.17, 15) is 14.7 Å². The Balaban J connectivity index is 3.50. The Bertz CT molecular complexity index is 478. The van der Waals surface area contributed by atoms with Gasteiger partial charge in [-0.05, 0) is 38.5 Å². The predicted octanol–water partition coefficient (Wildman–Crippen LogP) is 2.24. The van der Waals surface area contributed by atoms with E-state index < -0.39 is 11.9 Å². The van der Waals surface area contributed by atoms with Gasteiger partial charge in [0.25, 0.3) is 0 Å². The summed E-state index contributed by atoms with van der Waals surface area (Å²) in [6.45, 7) is 6.72. The van der Waals surface area contributed by atoms with Crippen molar-refractivity contribution in [3.05, 3.63) is 28.8 Å². The molecule has 0 heterocycles. The standard InChI is InChI=1S/C13H17NO4/c1-4-14(5-2)10-7-6-9(12(15)16)8(3)11(10)13(17)18/h6-7H,4-5H2,1-3H3,(H,15,16)(H,17,18). The van der Waals surface area contributed by atoms with Crippen LogP contribution in [0.2, 0.25) is 0 Å². The normalized spacial score (nSPS) is 10.2. The molecule has 1 rings (SSSR count). The SMILES string of the molecule is CCN(CC)c1ccc(C(=O)O)c(C)c1C(=O)O. The second kappa shape index (κ2) is 5.53. The molecule has 0 aliphatic rings. The Labute approximate surface area is 106 Å². The van der Waals surface area contributed by atoms with Crippen LogP contribution in [-0.2, 0) is 0 Å². The van der Waals surface area contributed by atoms with E-state index in [0.717, 1.165) is 0 Å². The minimum Gasteiger partial charge on any atom is -0.478 e. The van der Waals surface area contributed by atoms with Gasteiger partial charge in [0.1, 0.15) is 0 Å². The number of hydrogen-bond donors (Lipinski definition) is 2. The third kappa shape index (κ3) is 2.45. The lowest BCUT2D eigenvalue weighted by atomic mass is 9.99. The van der Waals surface area contributed by atoms with Crippen LogP contribution in [0.15, 0.2) is 12.1 Å². The van der Waals surface area contributed by atoms with E-state index >= 15 is 0 Å². The molecule has 2 N–H and O–H groups in total. The van der Waals surface area contributed by atoms with Gasteiger partial charge in [0, 0.05) is 13.1 Å². The fraction of sp³-hybridized carbons (Fsp3) is 0.385. The van der Waals surface area contributed by atoms with E-state index in [-0.39, 0.29) is 11.1 Å². The number of benzene rings is 1. The van der Waals surface area contributed by atoms with Crippen molar-refractivity contribution in [2.45, 2.75) is 20.8 Å². The summed E-state index contributed by atoms with van der Waals surface area (Å²) in [7, 11) is 0. The third-order valence-corrected chi connectivity index (χ3v) is 2.99. The summed E-state index contributed by atoms with van der Waals surface area (Å²) in [6.07, 6.45) is 0. The highest BCUT2D eigenvalue weighted by molar-refractivity contribution is 6.01. The van der Waals surface area contributed by atoms with Gasteiger partial charge in [0.05, 0.1) is 16.8 Å². The van der Waals surface area contributed by atoms with Crippen molar-refractivity contribution >= 4 is 17.6 Å². The molecular weight excluding hydrogens is 234 g/mol. The summed E-state index contributed by atoms with van der Waals surface area (Å²) in [4.78, 5) is 24.2. The number of carbonyl (C=O) groups is 2. The predicted molar refractivity (Wildman–Crippen MR) is 68.7 cm³/mol. The Morgan fingerprint density at radius 2 is 1.67 bits per heavy atom. The third-order valence-electron chi connectivity index (χ3n) is 2.99. The number of aromatic carboxylic acids is 2. The van der Waals surface area contributed by atoms with Crippen LogP contribution in [0.25, 0.3) is 0 Å². The first-order chi connectivity index (χ1) is 8.43. The Hall–Kier alpha value is -2.04. The lowest BCUT2D eigenvalue weighted by molar-refractivity contribution is 0.0696. The van der Waals surface area contributed by atoms with E-state index in [4.69, 9.17) is 5.11 Å². The molecule has 5 heteroatoms. The van der Waals surface area contributed by atoms with Crippen molar-refractivity contribution in [3.8, 4) is 0 Å². The highest BCUT2D eigenvalue weighted by Crippen LogP contribution is 2.26. The first-order valence-corrected chi connectivity index (χ1v) is 5.79. The zero-order valence-corrected chi connectivity index (χ0v) is 10.7. The molecule has 0 saturated carbocycles. The number of rotatable bonds is 5. The largest absolute Gasteiger partial charge is 0.478 e. The number of carboxylic acids is 2. The van der Waals surface area contributed by atoms with Gasteiger partial charge < -0.3 is 15.1 Å². The van der Waals surface area contributed by atoms with Gasteiger partial charge in [-0.1, -0.05) is 0 Å². The second-order valence-corrected chi connectivity index (χ2v) is 3.91. The molecule has 98 valence electrons. The quantitative estimate of drug-likeness (QED) is 0.839. The van der Waals surface area contributed by atoms with Gasteiger partial charge in [-0.25, -0.2) is 9.59 Å². The number of anilines is 1. The lowest BCUT2D eigenvalue weighted by Crippen LogP contribution is -2.25. The molecule has 0 saturated heterocycles. The molecule has 0 aliphatic heterocycles. The van der Waals surface area contributed by atoms with Crippen LogP contribution in [0.3, 0.4) is 0 Å². The minimum atomic E-state index is -1.11. The average Bonchev–Trinajstić information content (AvgIpc) is 2.29. The summed E-state index contributed by atoms with van der Waals surface area (Å²) in [5.74, 6) is -2.21. The number of carboxylic acid groups (broad SMARTS) is 2. The second-order valence-electron chi connectivity index (χ2n) is 3.91. The van der Waals surface area contributed by atoms with E-state index in [1.165, 1.54) is 13.0 Å². The topological polar surface area (TPSA) is 77.8 Å². The van der Waals surface area contributed by atoms with Crippen LogP contribution >= 0.6 is 0 Å². The van der Waals surface area contributed by atoms with Gasteiger partial charge in [-0.15, -0.1) is 0 Å². The Morgan fingerprint density at radius 1 is 1.11 bits per heavy atom. The van der Waals surface area contributed by atoms with Crippen molar-refractivity contribution in [3.63, 3.8) is 0 Å². The molecule has 0 amide bonds. The molecule has 0 fully saturated rings. The van der Waals surface area contributed by atoms with Gasteiger partial charge in [0.15, 0.2) is 0 Å². The van der Waals surface area contributed by atoms with E-state index in [1.54, 1.807) is 6.07 Å². The molecule has 18 heavy (non-hydrogen) atoms. The lowest BCUT2D eigenvalue weighted by Gasteiger charge is -2.24. The van der Waals surface area contributed by atoms with Gasteiger partial charge in [0.2, 0.25) is 0 Å². The molecular formula is C13H17NO4. The smallest absolute Gasteiger partial charge is 0.338 e. The van der Waals surface area contributed by atoms with Gasteiger partial charge >= 0.3 is 11.9 Å².